The van der Waals surface area contributed by atoms with Crippen molar-refractivity contribution < 1.29 is 13.6 Å². The normalized spacial score (nSPS) is 25.2. The Bertz CT molecular complexity index is 280. The molecule has 2 saturated heterocycles. The number of carbonyl (C=O) groups excluding carboxylic acids is 1. The van der Waals surface area contributed by atoms with Crippen molar-refractivity contribution in [2.45, 2.75) is 18.8 Å². The predicted octanol–water partition coefficient (Wildman–Crippen LogP) is 0.149. The number of likely N-dealkylation sites (tertiary alicyclic amines) is 1. The van der Waals surface area contributed by atoms with Gasteiger partial charge in [0.15, 0.2) is 0 Å². The van der Waals surface area contributed by atoms with Crippen molar-refractivity contribution >= 4 is 5.91 Å². The fourth-order valence-corrected chi connectivity index (χ4v) is 2.30. The molecular formula is C11H19F2N3O. The van der Waals surface area contributed by atoms with Gasteiger partial charge in [0, 0.05) is 52.1 Å². The second kappa shape index (κ2) is 5.27. The molecular weight excluding hydrogens is 228 g/mol. The standard InChI is InChI=1S/C11H19F2N3O/c12-11(13)2-6-16(9-11)10(17)1-5-15-7-3-14-4-8-15/h14H,1-9H2. The summed E-state index contributed by atoms with van der Waals surface area (Å²) in [7, 11) is 0. The molecule has 2 heterocycles. The SMILES string of the molecule is O=C(CCN1CCNCC1)N1CCC(F)(F)C1. The Morgan fingerprint density at radius 3 is 2.53 bits per heavy atom. The maximum absolute atomic E-state index is 12.9. The molecule has 6 heteroatoms. The maximum atomic E-state index is 12.9. The van der Waals surface area contributed by atoms with Crippen LogP contribution in [-0.4, -0.2) is 67.4 Å². The Balaban J connectivity index is 1.70. The summed E-state index contributed by atoms with van der Waals surface area (Å²) in [5.74, 6) is -2.81. The van der Waals surface area contributed by atoms with E-state index in [1.807, 2.05) is 0 Å². The highest BCUT2D eigenvalue weighted by Crippen LogP contribution is 2.27. The van der Waals surface area contributed by atoms with E-state index in [-0.39, 0.29) is 18.9 Å². The molecule has 0 unspecified atom stereocenters. The lowest BCUT2D eigenvalue weighted by Gasteiger charge is -2.27. The first-order chi connectivity index (χ1) is 8.07. The van der Waals surface area contributed by atoms with Gasteiger partial charge in [-0.2, -0.15) is 0 Å². The number of hydrogen-bond donors (Lipinski definition) is 1. The van der Waals surface area contributed by atoms with E-state index >= 15 is 0 Å². The minimum atomic E-state index is -2.68. The predicted molar refractivity (Wildman–Crippen MR) is 60.1 cm³/mol. The Hall–Kier alpha value is -0.750. The van der Waals surface area contributed by atoms with Gasteiger partial charge in [0.1, 0.15) is 0 Å². The fourth-order valence-electron chi connectivity index (χ4n) is 2.30. The second-order valence-corrected chi connectivity index (χ2v) is 4.76. The van der Waals surface area contributed by atoms with Gasteiger partial charge in [-0.1, -0.05) is 0 Å². The van der Waals surface area contributed by atoms with E-state index in [9.17, 15) is 13.6 Å². The van der Waals surface area contributed by atoms with Crippen LogP contribution < -0.4 is 5.32 Å². The molecule has 98 valence electrons. The molecule has 0 bridgehead atoms. The van der Waals surface area contributed by atoms with Gasteiger partial charge in [0.25, 0.3) is 5.92 Å². The van der Waals surface area contributed by atoms with Crippen LogP contribution in [-0.2, 0) is 4.79 Å². The molecule has 4 nitrogen and oxygen atoms in total. The zero-order chi connectivity index (χ0) is 12.3. The van der Waals surface area contributed by atoms with Gasteiger partial charge in [-0.15, -0.1) is 0 Å². The monoisotopic (exact) mass is 247 g/mol. The lowest BCUT2D eigenvalue weighted by atomic mass is 10.3. The van der Waals surface area contributed by atoms with Crippen LogP contribution in [0.4, 0.5) is 8.78 Å². The van der Waals surface area contributed by atoms with Crippen molar-refractivity contribution in [1.82, 2.24) is 15.1 Å². The van der Waals surface area contributed by atoms with Crippen molar-refractivity contribution in [3.63, 3.8) is 0 Å². The summed E-state index contributed by atoms with van der Waals surface area (Å²) < 4.78 is 25.9. The summed E-state index contributed by atoms with van der Waals surface area (Å²) in [5.41, 5.74) is 0. The lowest BCUT2D eigenvalue weighted by molar-refractivity contribution is -0.132. The minimum Gasteiger partial charge on any atom is -0.336 e. The van der Waals surface area contributed by atoms with Crippen molar-refractivity contribution in [3.05, 3.63) is 0 Å². The van der Waals surface area contributed by atoms with E-state index in [4.69, 9.17) is 0 Å². The van der Waals surface area contributed by atoms with Crippen LogP contribution in [0.25, 0.3) is 0 Å². The van der Waals surface area contributed by atoms with Crippen molar-refractivity contribution in [2.24, 2.45) is 0 Å². The van der Waals surface area contributed by atoms with Crippen LogP contribution in [0.15, 0.2) is 0 Å². The largest absolute Gasteiger partial charge is 0.336 e. The van der Waals surface area contributed by atoms with E-state index in [1.54, 1.807) is 0 Å². The van der Waals surface area contributed by atoms with Crippen LogP contribution in [0.5, 0.6) is 0 Å². The molecule has 0 aromatic heterocycles. The van der Waals surface area contributed by atoms with E-state index in [1.165, 1.54) is 4.90 Å². The van der Waals surface area contributed by atoms with Crippen molar-refractivity contribution in [3.8, 4) is 0 Å². The molecule has 0 spiro atoms. The van der Waals surface area contributed by atoms with Gasteiger partial charge in [0.2, 0.25) is 5.91 Å². The summed E-state index contributed by atoms with van der Waals surface area (Å²) in [6.07, 6.45) is 0.169. The summed E-state index contributed by atoms with van der Waals surface area (Å²) in [6, 6.07) is 0. The zero-order valence-electron chi connectivity index (χ0n) is 9.92. The molecule has 0 aromatic carbocycles. The molecule has 1 N–H and O–H groups in total. The van der Waals surface area contributed by atoms with E-state index in [0.29, 0.717) is 13.0 Å². The Kier molecular flexibility index (Phi) is 3.93. The topological polar surface area (TPSA) is 35.6 Å². The third kappa shape index (κ3) is 3.61. The van der Waals surface area contributed by atoms with Gasteiger partial charge in [-0.3, -0.25) is 4.79 Å². The number of halogens is 2. The number of amides is 1. The molecule has 2 fully saturated rings. The summed E-state index contributed by atoms with van der Waals surface area (Å²) in [5, 5.41) is 3.23. The second-order valence-electron chi connectivity index (χ2n) is 4.76. The summed E-state index contributed by atoms with van der Waals surface area (Å²) in [6.45, 7) is 4.24. The maximum Gasteiger partial charge on any atom is 0.267 e. The highest BCUT2D eigenvalue weighted by molar-refractivity contribution is 5.76. The molecule has 0 atom stereocenters. The highest BCUT2D eigenvalue weighted by atomic mass is 19.3. The number of nitrogens with one attached hydrogen (secondary N) is 1. The number of rotatable bonds is 3. The molecule has 2 rings (SSSR count). The average Bonchev–Trinajstić information content (AvgIpc) is 2.68. The van der Waals surface area contributed by atoms with Crippen molar-refractivity contribution in [1.29, 1.82) is 0 Å². The number of piperazine rings is 1. The molecule has 0 saturated carbocycles. The zero-order valence-corrected chi connectivity index (χ0v) is 9.92. The van der Waals surface area contributed by atoms with Gasteiger partial charge in [-0.05, 0) is 0 Å². The van der Waals surface area contributed by atoms with Gasteiger partial charge < -0.3 is 15.1 Å². The first-order valence-corrected chi connectivity index (χ1v) is 6.15. The van der Waals surface area contributed by atoms with Crippen LogP contribution in [0.1, 0.15) is 12.8 Å². The van der Waals surface area contributed by atoms with E-state index in [2.05, 4.69) is 10.2 Å². The van der Waals surface area contributed by atoms with Crippen LogP contribution in [0.3, 0.4) is 0 Å². The molecule has 17 heavy (non-hydrogen) atoms. The van der Waals surface area contributed by atoms with Crippen LogP contribution in [0, 0.1) is 0 Å². The van der Waals surface area contributed by atoms with E-state index < -0.39 is 12.5 Å². The number of alkyl halides is 2. The van der Waals surface area contributed by atoms with Gasteiger partial charge in [-0.25, -0.2) is 8.78 Å². The summed E-state index contributed by atoms with van der Waals surface area (Å²) in [4.78, 5) is 15.2. The number of hydrogen-bond acceptors (Lipinski definition) is 3. The first kappa shape index (κ1) is 12.7. The Labute approximate surface area is 99.9 Å². The van der Waals surface area contributed by atoms with E-state index in [0.717, 1.165) is 26.2 Å². The molecule has 0 radical (unpaired) electrons. The lowest BCUT2D eigenvalue weighted by Crippen LogP contribution is -2.45. The van der Waals surface area contributed by atoms with Crippen molar-refractivity contribution in [2.75, 3.05) is 45.8 Å². The molecule has 2 aliphatic heterocycles. The smallest absolute Gasteiger partial charge is 0.267 e. The number of nitrogens with zero attached hydrogens (tertiary/aromatic N) is 2. The average molecular weight is 247 g/mol. The highest BCUT2D eigenvalue weighted by Gasteiger charge is 2.39. The first-order valence-electron chi connectivity index (χ1n) is 6.15. The van der Waals surface area contributed by atoms with Gasteiger partial charge in [0.05, 0.1) is 6.54 Å². The van der Waals surface area contributed by atoms with Crippen LogP contribution >= 0.6 is 0 Å². The number of carbonyl (C=O) groups is 1. The molecule has 0 aliphatic carbocycles. The van der Waals surface area contributed by atoms with Gasteiger partial charge >= 0.3 is 0 Å². The molecule has 2 aliphatic rings. The minimum absolute atomic E-state index is 0.138. The summed E-state index contributed by atoms with van der Waals surface area (Å²) >= 11 is 0. The molecule has 0 aromatic rings. The van der Waals surface area contributed by atoms with Crippen LogP contribution in [0.2, 0.25) is 0 Å². The quantitative estimate of drug-likeness (QED) is 0.771. The molecule has 1 amide bonds. The fraction of sp³-hybridized carbons (Fsp3) is 0.909. The Morgan fingerprint density at radius 2 is 1.94 bits per heavy atom. The third-order valence-electron chi connectivity index (χ3n) is 3.37. The Morgan fingerprint density at radius 1 is 1.24 bits per heavy atom. The third-order valence-corrected chi connectivity index (χ3v) is 3.37.